The molecule has 5 nitrogen and oxygen atoms in total. The Morgan fingerprint density at radius 3 is 2.86 bits per heavy atom. The zero-order chi connectivity index (χ0) is 19.7. The van der Waals surface area contributed by atoms with Gasteiger partial charge < -0.3 is 4.57 Å². The van der Waals surface area contributed by atoms with Gasteiger partial charge in [-0.05, 0) is 44.0 Å². The predicted octanol–water partition coefficient (Wildman–Crippen LogP) is 5.29. The summed E-state index contributed by atoms with van der Waals surface area (Å²) in [6, 6.07) is 8.08. The van der Waals surface area contributed by atoms with Crippen LogP contribution in [-0.2, 0) is 7.05 Å². The van der Waals surface area contributed by atoms with Crippen LogP contribution in [0.3, 0.4) is 0 Å². The number of hydrogen-bond donors (Lipinski definition) is 0. The molecule has 0 fully saturated rings. The molecule has 0 aliphatic carbocycles. The summed E-state index contributed by atoms with van der Waals surface area (Å²) in [6.45, 7) is 9.49. The molecule has 4 aromatic heterocycles. The highest BCUT2D eigenvalue weighted by Crippen LogP contribution is 2.37. The van der Waals surface area contributed by atoms with Gasteiger partial charge in [0.2, 0.25) is 0 Å². The molecule has 0 N–H and O–H groups in total. The molecule has 138 valence electrons. The van der Waals surface area contributed by atoms with Crippen molar-refractivity contribution in [1.82, 2.24) is 19.5 Å². The van der Waals surface area contributed by atoms with Gasteiger partial charge in [0.1, 0.15) is 5.01 Å². The van der Waals surface area contributed by atoms with Crippen LogP contribution in [0.25, 0.3) is 37.7 Å². The van der Waals surface area contributed by atoms with E-state index in [1.807, 2.05) is 50.6 Å². The van der Waals surface area contributed by atoms with Crippen LogP contribution in [0, 0.1) is 6.92 Å². The van der Waals surface area contributed by atoms with Crippen LogP contribution in [0.1, 0.15) is 11.4 Å². The molecular formula is C22H19N5S. The average molecular weight is 385 g/mol. The summed E-state index contributed by atoms with van der Waals surface area (Å²) in [4.78, 5) is 19.1. The van der Waals surface area contributed by atoms with Gasteiger partial charge in [-0.25, -0.2) is 9.97 Å². The Labute approximate surface area is 167 Å². The fourth-order valence-electron chi connectivity index (χ4n) is 3.14. The fraction of sp³-hybridized carbons (Fsp3) is 0.0909. The molecular weight excluding hydrogens is 366 g/mol. The number of allylic oxidation sites excluding steroid dienone is 2. The summed E-state index contributed by atoms with van der Waals surface area (Å²) in [7, 11) is 2.02. The second-order valence-electron chi connectivity index (χ2n) is 6.34. The fourth-order valence-corrected chi connectivity index (χ4v) is 4.16. The molecule has 0 bridgehead atoms. The van der Waals surface area contributed by atoms with Crippen molar-refractivity contribution in [1.29, 1.82) is 0 Å². The Balaban J connectivity index is 1.94. The van der Waals surface area contributed by atoms with Crippen LogP contribution < -0.4 is 0 Å². The smallest absolute Gasteiger partial charge is 0.125 e. The van der Waals surface area contributed by atoms with Gasteiger partial charge in [0, 0.05) is 36.6 Å². The standard InChI is InChI=1S/C22H19N5S/c1-5-7-17(23-3)20-16-9-11-27(4)19(16)12-18(26-20)21-14(2)25-22(28-21)15-8-6-10-24-13-15/h5-13H,1,3H2,2,4H3/b17-7-. The van der Waals surface area contributed by atoms with E-state index in [1.165, 1.54) is 0 Å². The highest BCUT2D eigenvalue weighted by atomic mass is 32.1. The van der Waals surface area contributed by atoms with Crippen molar-refractivity contribution >= 4 is 34.7 Å². The first-order valence-electron chi connectivity index (χ1n) is 8.76. The van der Waals surface area contributed by atoms with E-state index in [9.17, 15) is 0 Å². The molecule has 0 spiro atoms. The Bertz CT molecular complexity index is 1210. The highest BCUT2D eigenvalue weighted by molar-refractivity contribution is 7.18. The summed E-state index contributed by atoms with van der Waals surface area (Å²) in [5.74, 6) is 0. The maximum absolute atomic E-state index is 4.93. The third-order valence-corrected chi connectivity index (χ3v) is 5.74. The third kappa shape index (κ3) is 3.08. The average Bonchev–Trinajstić information content (AvgIpc) is 3.29. The van der Waals surface area contributed by atoms with Crippen molar-refractivity contribution in [2.45, 2.75) is 6.92 Å². The number of aliphatic imine (C=N–C) groups is 1. The van der Waals surface area contributed by atoms with Crippen LogP contribution in [0.15, 0.2) is 66.6 Å². The zero-order valence-corrected chi connectivity index (χ0v) is 16.6. The number of hydrogen-bond acceptors (Lipinski definition) is 5. The number of aromatic nitrogens is 4. The molecule has 4 aromatic rings. The summed E-state index contributed by atoms with van der Waals surface area (Å²) >= 11 is 1.62. The Morgan fingerprint density at radius 1 is 1.29 bits per heavy atom. The molecule has 28 heavy (non-hydrogen) atoms. The van der Waals surface area contributed by atoms with E-state index in [2.05, 4.69) is 33.9 Å². The quantitative estimate of drug-likeness (QED) is 0.346. The monoisotopic (exact) mass is 385 g/mol. The van der Waals surface area contributed by atoms with E-state index >= 15 is 0 Å². The van der Waals surface area contributed by atoms with Crippen LogP contribution in [0.4, 0.5) is 0 Å². The molecule has 0 unspecified atom stereocenters. The summed E-state index contributed by atoms with van der Waals surface area (Å²) in [5.41, 5.74) is 5.38. The lowest BCUT2D eigenvalue weighted by atomic mass is 10.1. The Morgan fingerprint density at radius 2 is 2.14 bits per heavy atom. The number of aryl methyl sites for hydroxylation is 2. The molecule has 0 amide bonds. The van der Waals surface area contributed by atoms with Gasteiger partial charge in [-0.15, -0.1) is 11.3 Å². The molecule has 0 radical (unpaired) electrons. The molecule has 0 aliphatic heterocycles. The lowest BCUT2D eigenvalue weighted by Gasteiger charge is -2.08. The van der Waals surface area contributed by atoms with Crippen molar-refractivity contribution in [2.75, 3.05) is 0 Å². The van der Waals surface area contributed by atoms with Crippen LogP contribution >= 0.6 is 11.3 Å². The van der Waals surface area contributed by atoms with E-state index in [1.54, 1.807) is 23.6 Å². The van der Waals surface area contributed by atoms with Gasteiger partial charge in [0.25, 0.3) is 0 Å². The lowest BCUT2D eigenvalue weighted by molar-refractivity contribution is 0.968. The van der Waals surface area contributed by atoms with Crippen molar-refractivity contribution in [2.24, 2.45) is 12.0 Å². The van der Waals surface area contributed by atoms with Crippen LogP contribution in [-0.4, -0.2) is 26.2 Å². The van der Waals surface area contributed by atoms with E-state index in [0.717, 1.165) is 43.4 Å². The predicted molar refractivity (Wildman–Crippen MR) is 118 cm³/mol. The SMILES string of the molecule is C=C/C=C(\N=C)c1nc(-c2sc(-c3cccnc3)nc2C)cc2c1ccn2C. The normalized spacial score (nSPS) is 11.7. The van der Waals surface area contributed by atoms with E-state index in [-0.39, 0.29) is 0 Å². The van der Waals surface area contributed by atoms with Gasteiger partial charge in [0.15, 0.2) is 0 Å². The highest BCUT2D eigenvalue weighted by Gasteiger charge is 2.17. The minimum atomic E-state index is 0.697. The second kappa shape index (κ2) is 7.32. The van der Waals surface area contributed by atoms with Gasteiger partial charge in [-0.3, -0.25) is 9.98 Å². The number of rotatable bonds is 5. The summed E-state index contributed by atoms with van der Waals surface area (Å²) in [6.07, 6.45) is 9.14. The first-order chi connectivity index (χ1) is 13.6. The van der Waals surface area contributed by atoms with Crippen molar-refractivity contribution in [3.05, 3.63) is 73.0 Å². The van der Waals surface area contributed by atoms with Gasteiger partial charge >= 0.3 is 0 Å². The van der Waals surface area contributed by atoms with Gasteiger partial charge in [0.05, 0.1) is 33.2 Å². The number of pyridine rings is 2. The van der Waals surface area contributed by atoms with Gasteiger partial charge in [-0.1, -0.05) is 12.7 Å². The summed E-state index contributed by atoms with van der Waals surface area (Å²) < 4.78 is 2.08. The molecule has 0 aromatic carbocycles. The Hall–Kier alpha value is -3.38. The largest absolute Gasteiger partial charge is 0.350 e. The minimum Gasteiger partial charge on any atom is -0.350 e. The van der Waals surface area contributed by atoms with Crippen LogP contribution in [0.5, 0.6) is 0 Å². The topological polar surface area (TPSA) is 56.0 Å². The van der Waals surface area contributed by atoms with Crippen molar-refractivity contribution < 1.29 is 0 Å². The maximum Gasteiger partial charge on any atom is 0.125 e. The first-order valence-corrected chi connectivity index (χ1v) is 9.58. The van der Waals surface area contributed by atoms with Crippen LogP contribution in [0.2, 0.25) is 0 Å². The zero-order valence-electron chi connectivity index (χ0n) is 15.8. The number of fused-ring (bicyclic) bond motifs is 1. The molecule has 0 saturated carbocycles. The molecule has 4 heterocycles. The second-order valence-corrected chi connectivity index (χ2v) is 7.34. The number of nitrogens with zero attached hydrogens (tertiary/aromatic N) is 5. The van der Waals surface area contributed by atoms with E-state index in [0.29, 0.717) is 5.70 Å². The van der Waals surface area contributed by atoms with Gasteiger partial charge in [-0.2, -0.15) is 0 Å². The van der Waals surface area contributed by atoms with Crippen molar-refractivity contribution in [3.8, 4) is 21.1 Å². The molecule has 0 saturated heterocycles. The molecule has 0 aliphatic rings. The number of thiazole rings is 1. The Kier molecular flexibility index (Phi) is 4.71. The third-order valence-electron chi connectivity index (χ3n) is 4.51. The maximum atomic E-state index is 4.93. The summed E-state index contributed by atoms with van der Waals surface area (Å²) in [5, 5.41) is 1.96. The molecule has 6 heteroatoms. The van der Waals surface area contributed by atoms with Crippen molar-refractivity contribution in [3.63, 3.8) is 0 Å². The molecule has 4 rings (SSSR count). The lowest BCUT2D eigenvalue weighted by Crippen LogP contribution is -1.94. The first kappa shape index (κ1) is 18.0. The van der Waals surface area contributed by atoms with E-state index in [4.69, 9.17) is 9.97 Å². The van der Waals surface area contributed by atoms with E-state index < -0.39 is 0 Å². The minimum absolute atomic E-state index is 0.697. The molecule has 0 atom stereocenters.